The Bertz CT molecular complexity index is 1070. The minimum Gasteiger partial charge on any atom is -0.325 e. The van der Waals surface area contributed by atoms with Gasteiger partial charge in [0.15, 0.2) is 5.16 Å². The Morgan fingerprint density at radius 3 is 2.81 bits per heavy atom. The largest absolute Gasteiger partial charge is 0.325 e. The summed E-state index contributed by atoms with van der Waals surface area (Å²) < 4.78 is 1.50. The predicted molar refractivity (Wildman–Crippen MR) is 110 cm³/mol. The number of aryl methyl sites for hydroxylation is 3. The van der Waals surface area contributed by atoms with Gasteiger partial charge in [-0.2, -0.15) is 0 Å². The van der Waals surface area contributed by atoms with E-state index in [1.54, 1.807) is 19.2 Å². The van der Waals surface area contributed by atoms with Crippen molar-refractivity contribution >= 4 is 56.5 Å². The highest BCUT2D eigenvalue weighted by atomic mass is 35.5. The van der Waals surface area contributed by atoms with E-state index in [0.29, 0.717) is 21.3 Å². The van der Waals surface area contributed by atoms with E-state index in [2.05, 4.69) is 10.3 Å². The third-order valence-corrected chi connectivity index (χ3v) is 6.54. The van der Waals surface area contributed by atoms with E-state index < -0.39 is 0 Å². The van der Waals surface area contributed by atoms with Crippen molar-refractivity contribution in [3.8, 4) is 0 Å². The SMILES string of the molecule is Cc1ccc(Cl)cc1NC(=O)CSc1nc2sc(C)c(C)c2c(=O)n1C. The average molecular weight is 408 g/mol. The lowest BCUT2D eigenvalue weighted by Crippen LogP contribution is -2.21. The minimum atomic E-state index is -0.173. The van der Waals surface area contributed by atoms with E-state index in [4.69, 9.17) is 11.6 Å². The predicted octanol–water partition coefficient (Wildman–Crippen LogP) is 4.30. The van der Waals surface area contributed by atoms with Gasteiger partial charge in [0.1, 0.15) is 4.83 Å². The van der Waals surface area contributed by atoms with Crippen LogP contribution in [0.3, 0.4) is 0 Å². The fraction of sp³-hybridized carbons (Fsp3) is 0.278. The standard InChI is InChI=1S/C18H18ClN3O2S2/c1-9-5-6-12(19)7-13(9)20-14(23)8-25-18-21-16-15(17(24)22(18)4)10(2)11(3)26-16/h5-7H,8H2,1-4H3,(H,20,23). The van der Waals surface area contributed by atoms with E-state index in [0.717, 1.165) is 20.8 Å². The molecule has 0 aliphatic carbocycles. The van der Waals surface area contributed by atoms with Crippen molar-refractivity contribution in [1.82, 2.24) is 9.55 Å². The number of thiophene rings is 1. The summed E-state index contributed by atoms with van der Waals surface area (Å²) in [7, 11) is 1.68. The van der Waals surface area contributed by atoms with Crippen LogP contribution in [0.5, 0.6) is 0 Å². The van der Waals surface area contributed by atoms with Crippen LogP contribution in [0, 0.1) is 20.8 Å². The molecule has 3 aromatic rings. The Morgan fingerprint density at radius 1 is 1.35 bits per heavy atom. The number of hydrogen-bond donors (Lipinski definition) is 1. The molecule has 0 fully saturated rings. The fourth-order valence-corrected chi connectivity index (χ4v) is 4.54. The Kier molecular flexibility index (Phi) is 5.41. The van der Waals surface area contributed by atoms with Crippen molar-refractivity contribution < 1.29 is 4.79 Å². The van der Waals surface area contributed by atoms with Gasteiger partial charge in [-0.15, -0.1) is 11.3 Å². The molecular weight excluding hydrogens is 390 g/mol. The quantitative estimate of drug-likeness (QED) is 0.517. The zero-order valence-corrected chi connectivity index (χ0v) is 17.2. The number of nitrogens with zero attached hydrogens (tertiary/aromatic N) is 2. The van der Waals surface area contributed by atoms with Gasteiger partial charge in [0.05, 0.1) is 11.1 Å². The lowest BCUT2D eigenvalue weighted by atomic mass is 10.2. The summed E-state index contributed by atoms with van der Waals surface area (Å²) in [6.07, 6.45) is 0. The molecule has 1 N–H and O–H groups in total. The molecule has 0 saturated heterocycles. The first-order valence-corrected chi connectivity index (χ1v) is 10.1. The van der Waals surface area contributed by atoms with Gasteiger partial charge in [0.25, 0.3) is 5.56 Å². The van der Waals surface area contributed by atoms with Crippen LogP contribution in [-0.2, 0) is 11.8 Å². The van der Waals surface area contributed by atoms with Crippen molar-refractivity contribution in [3.63, 3.8) is 0 Å². The summed E-state index contributed by atoms with van der Waals surface area (Å²) in [4.78, 5) is 31.3. The summed E-state index contributed by atoms with van der Waals surface area (Å²) in [6.45, 7) is 5.82. The van der Waals surface area contributed by atoms with Gasteiger partial charge in [-0.1, -0.05) is 29.4 Å². The first kappa shape index (κ1) is 18.9. The number of hydrogen-bond acceptors (Lipinski definition) is 5. The van der Waals surface area contributed by atoms with Gasteiger partial charge in [0, 0.05) is 22.6 Å². The molecule has 0 unspecified atom stereocenters. The number of carbonyl (C=O) groups excluding carboxylic acids is 1. The van der Waals surface area contributed by atoms with Gasteiger partial charge < -0.3 is 5.32 Å². The number of thioether (sulfide) groups is 1. The van der Waals surface area contributed by atoms with Crippen molar-refractivity contribution in [2.45, 2.75) is 25.9 Å². The lowest BCUT2D eigenvalue weighted by molar-refractivity contribution is -0.113. The number of carbonyl (C=O) groups is 1. The second-order valence-electron chi connectivity index (χ2n) is 6.02. The van der Waals surface area contributed by atoms with Crippen LogP contribution in [-0.4, -0.2) is 21.2 Å². The summed E-state index contributed by atoms with van der Waals surface area (Å²) >= 11 is 8.72. The van der Waals surface area contributed by atoms with Crippen LogP contribution >= 0.6 is 34.7 Å². The number of aromatic nitrogens is 2. The maximum Gasteiger partial charge on any atom is 0.262 e. The number of benzene rings is 1. The van der Waals surface area contributed by atoms with Gasteiger partial charge in [0.2, 0.25) is 5.91 Å². The molecule has 0 aliphatic heterocycles. The average Bonchev–Trinajstić information content (AvgIpc) is 2.87. The molecule has 136 valence electrons. The third kappa shape index (κ3) is 3.65. The zero-order valence-electron chi connectivity index (χ0n) is 14.8. The van der Waals surface area contributed by atoms with Gasteiger partial charge in [-0.25, -0.2) is 4.98 Å². The second kappa shape index (κ2) is 7.42. The van der Waals surface area contributed by atoms with Crippen LogP contribution in [0.4, 0.5) is 5.69 Å². The molecule has 2 heterocycles. The Balaban J connectivity index is 1.79. The molecular formula is C18H18ClN3O2S2. The molecule has 0 aliphatic rings. The number of rotatable bonds is 4. The number of amides is 1. The minimum absolute atomic E-state index is 0.0783. The molecule has 0 bridgehead atoms. The molecule has 0 radical (unpaired) electrons. The van der Waals surface area contributed by atoms with Gasteiger partial charge >= 0.3 is 0 Å². The molecule has 8 heteroatoms. The molecule has 26 heavy (non-hydrogen) atoms. The highest BCUT2D eigenvalue weighted by molar-refractivity contribution is 7.99. The monoisotopic (exact) mass is 407 g/mol. The van der Waals surface area contributed by atoms with Crippen molar-refractivity contribution in [3.05, 3.63) is 49.6 Å². The van der Waals surface area contributed by atoms with Crippen LogP contribution in [0.1, 0.15) is 16.0 Å². The highest BCUT2D eigenvalue weighted by Crippen LogP contribution is 2.28. The highest BCUT2D eigenvalue weighted by Gasteiger charge is 2.16. The van der Waals surface area contributed by atoms with E-state index in [9.17, 15) is 9.59 Å². The van der Waals surface area contributed by atoms with Crippen molar-refractivity contribution in [1.29, 1.82) is 0 Å². The van der Waals surface area contributed by atoms with Crippen LogP contribution in [0.15, 0.2) is 28.2 Å². The zero-order chi connectivity index (χ0) is 19.0. The molecule has 5 nitrogen and oxygen atoms in total. The van der Waals surface area contributed by atoms with Crippen LogP contribution in [0.25, 0.3) is 10.2 Å². The summed E-state index contributed by atoms with van der Waals surface area (Å²) in [5.41, 5.74) is 2.52. The summed E-state index contributed by atoms with van der Waals surface area (Å²) in [5, 5.41) is 4.61. The Labute approximate surface area is 164 Å². The van der Waals surface area contributed by atoms with Crippen molar-refractivity contribution in [2.75, 3.05) is 11.1 Å². The van der Waals surface area contributed by atoms with Crippen LogP contribution < -0.4 is 10.9 Å². The lowest BCUT2D eigenvalue weighted by Gasteiger charge is -2.10. The number of anilines is 1. The summed E-state index contributed by atoms with van der Waals surface area (Å²) in [5.74, 6) is -0.0191. The number of nitrogens with one attached hydrogen (secondary N) is 1. The molecule has 1 amide bonds. The van der Waals surface area contributed by atoms with Gasteiger partial charge in [-0.05, 0) is 44.0 Å². The third-order valence-electron chi connectivity index (χ3n) is 4.18. The summed E-state index contributed by atoms with van der Waals surface area (Å²) in [6, 6.07) is 5.35. The second-order valence-corrected chi connectivity index (χ2v) is 8.60. The molecule has 0 saturated carbocycles. The van der Waals surface area contributed by atoms with E-state index in [1.165, 1.54) is 27.7 Å². The van der Waals surface area contributed by atoms with Gasteiger partial charge in [-0.3, -0.25) is 14.2 Å². The molecule has 1 aromatic carbocycles. The maximum atomic E-state index is 12.6. The Hall–Kier alpha value is -1.83. The van der Waals surface area contributed by atoms with E-state index in [1.807, 2.05) is 26.8 Å². The molecule has 2 aromatic heterocycles. The molecule has 3 rings (SSSR count). The Morgan fingerprint density at radius 2 is 2.08 bits per heavy atom. The fourth-order valence-electron chi connectivity index (χ4n) is 2.53. The topological polar surface area (TPSA) is 64.0 Å². The number of fused-ring (bicyclic) bond motifs is 1. The normalized spacial score (nSPS) is 11.1. The smallest absolute Gasteiger partial charge is 0.262 e. The molecule has 0 atom stereocenters. The number of halogens is 1. The van der Waals surface area contributed by atoms with E-state index in [-0.39, 0.29) is 17.2 Å². The maximum absolute atomic E-state index is 12.6. The van der Waals surface area contributed by atoms with Crippen molar-refractivity contribution in [2.24, 2.45) is 7.05 Å². The van der Waals surface area contributed by atoms with Crippen LogP contribution in [0.2, 0.25) is 5.02 Å². The first-order chi connectivity index (χ1) is 12.3. The first-order valence-electron chi connectivity index (χ1n) is 7.93. The van der Waals surface area contributed by atoms with E-state index >= 15 is 0 Å². The molecule has 0 spiro atoms.